The average molecular weight is 216 g/mol. The zero-order chi connectivity index (χ0) is 10.2. The lowest BCUT2D eigenvalue weighted by Crippen LogP contribution is -2.41. The average Bonchev–Trinajstić information content (AvgIpc) is 2.60. The molecule has 2 atom stereocenters. The second kappa shape index (κ2) is 3.42. The largest absolute Gasteiger partial charge is 0.298 e. The Morgan fingerprint density at radius 1 is 1.57 bits per heavy atom. The third kappa shape index (κ3) is 1.58. The molecule has 6 nitrogen and oxygen atoms in total. The molecule has 0 aromatic heterocycles. The molecule has 2 unspecified atom stereocenters. The summed E-state index contributed by atoms with van der Waals surface area (Å²) in [6.07, 6.45) is 0.763. The van der Waals surface area contributed by atoms with Crippen molar-refractivity contribution in [2.75, 3.05) is 25.4 Å². The van der Waals surface area contributed by atoms with E-state index in [1.165, 1.54) is 0 Å². The number of fused-ring (bicyclic) bond motifs is 2. The van der Waals surface area contributed by atoms with Gasteiger partial charge < -0.3 is 0 Å². The topological polar surface area (TPSA) is 86.1 Å². The molecule has 0 saturated carbocycles. The number of azide groups is 1. The van der Waals surface area contributed by atoms with Gasteiger partial charge in [0.25, 0.3) is 0 Å². The van der Waals surface area contributed by atoms with E-state index in [1.807, 2.05) is 0 Å². The summed E-state index contributed by atoms with van der Waals surface area (Å²) >= 11 is 0. The van der Waals surface area contributed by atoms with Crippen molar-refractivity contribution in [3.8, 4) is 0 Å². The first-order chi connectivity index (χ1) is 6.63. The van der Waals surface area contributed by atoms with Crippen molar-refractivity contribution < 1.29 is 8.42 Å². The van der Waals surface area contributed by atoms with Gasteiger partial charge in [0.2, 0.25) is 0 Å². The van der Waals surface area contributed by atoms with Crippen molar-refractivity contribution in [1.82, 2.24) is 4.90 Å². The fourth-order valence-corrected chi connectivity index (χ4v) is 4.36. The van der Waals surface area contributed by atoms with E-state index in [0.717, 1.165) is 6.42 Å². The van der Waals surface area contributed by atoms with Crippen LogP contribution in [0.5, 0.6) is 0 Å². The molecule has 0 aliphatic carbocycles. The maximum Gasteiger partial charge on any atom is 0.156 e. The maximum absolute atomic E-state index is 11.4. The van der Waals surface area contributed by atoms with Gasteiger partial charge in [0, 0.05) is 30.6 Å². The van der Waals surface area contributed by atoms with Gasteiger partial charge in [-0.2, -0.15) is 0 Å². The lowest BCUT2D eigenvalue weighted by atomic mass is 10.2. The second-order valence-corrected chi connectivity index (χ2v) is 6.12. The molecule has 78 valence electrons. The van der Waals surface area contributed by atoms with Gasteiger partial charge in [-0.05, 0) is 12.0 Å². The third-order valence-corrected chi connectivity index (χ3v) is 5.18. The molecule has 0 radical (unpaired) electrons. The molecule has 7 heteroatoms. The minimum Gasteiger partial charge on any atom is -0.298 e. The van der Waals surface area contributed by atoms with E-state index in [0.29, 0.717) is 19.6 Å². The van der Waals surface area contributed by atoms with Crippen LogP contribution in [0, 0.1) is 0 Å². The quantitative estimate of drug-likeness (QED) is 0.383. The first-order valence-corrected chi connectivity index (χ1v) is 6.31. The van der Waals surface area contributed by atoms with Crippen LogP contribution >= 0.6 is 0 Å². The number of likely N-dealkylation sites (tertiary alicyclic amines) is 1. The predicted octanol–water partition coefficient (Wildman–Crippen LogP) is 0.168. The number of hydrogen-bond donors (Lipinski definition) is 0. The van der Waals surface area contributed by atoms with Crippen molar-refractivity contribution in [3.05, 3.63) is 10.4 Å². The number of rotatable bonds is 3. The monoisotopic (exact) mass is 216 g/mol. The van der Waals surface area contributed by atoms with E-state index in [4.69, 9.17) is 5.53 Å². The molecular weight excluding hydrogens is 204 g/mol. The number of hydrogen-bond acceptors (Lipinski definition) is 4. The van der Waals surface area contributed by atoms with Gasteiger partial charge in [-0.3, -0.25) is 4.90 Å². The van der Waals surface area contributed by atoms with Gasteiger partial charge in [0.1, 0.15) is 0 Å². The van der Waals surface area contributed by atoms with E-state index in [2.05, 4.69) is 14.9 Å². The lowest BCUT2D eigenvalue weighted by molar-refractivity contribution is 0.273. The van der Waals surface area contributed by atoms with Crippen molar-refractivity contribution in [2.24, 2.45) is 5.11 Å². The van der Waals surface area contributed by atoms with Crippen LogP contribution in [0.25, 0.3) is 10.4 Å². The van der Waals surface area contributed by atoms with Crippen LogP contribution in [0.1, 0.15) is 6.42 Å². The number of nitrogens with zero attached hydrogens (tertiary/aromatic N) is 4. The molecule has 0 aromatic carbocycles. The molecule has 2 aliphatic rings. The summed E-state index contributed by atoms with van der Waals surface area (Å²) in [5.41, 5.74) is 8.10. The fraction of sp³-hybridized carbons (Fsp3) is 1.00. The first-order valence-electron chi connectivity index (χ1n) is 4.60. The molecule has 2 rings (SSSR count). The first kappa shape index (κ1) is 9.76. The Balaban J connectivity index is 1.93. The van der Waals surface area contributed by atoms with E-state index >= 15 is 0 Å². The van der Waals surface area contributed by atoms with Crippen molar-refractivity contribution in [1.29, 1.82) is 0 Å². The zero-order valence-electron chi connectivity index (χ0n) is 7.70. The Hall–Kier alpha value is -0.780. The predicted molar refractivity (Wildman–Crippen MR) is 51.6 cm³/mol. The zero-order valence-corrected chi connectivity index (χ0v) is 8.52. The van der Waals surface area contributed by atoms with Crippen LogP contribution in [0.4, 0.5) is 0 Å². The highest BCUT2D eigenvalue weighted by Crippen LogP contribution is 2.32. The Bertz CT molecular complexity index is 373. The summed E-state index contributed by atoms with van der Waals surface area (Å²) in [6.45, 7) is 1.73. The van der Waals surface area contributed by atoms with Crippen LogP contribution in [-0.2, 0) is 9.84 Å². The standard InChI is InChI=1S/C7H12N4O2S/c8-10-9-1-2-11-4-7-3-6(11)5-14(7,12)13/h6-7H,1-5H2. The summed E-state index contributed by atoms with van der Waals surface area (Å²) in [5, 5.41) is 3.28. The van der Waals surface area contributed by atoms with Gasteiger partial charge in [-0.15, -0.1) is 0 Å². The van der Waals surface area contributed by atoms with Gasteiger partial charge in [-0.25, -0.2) is 8.42 Å². The fourth-order valence-electron chi connectivity index (χ4n) is 2.27. The van der Waals surface area contributed by atoms with Gasteiger partial charge in [-0.1, -0.05) is 5.11 Å². The molecule has 2 aliphatic heterocycles. The highest BCUT2D eigenvalue weighted by atomic mass is 32.2. The van der Waals surface area contributed by atoms with Crippen molar-refractivity contribution in [2.45, 2.75) is 17.7 Å². The molecule has 2 fully saturated rings. The summed E-state index contributed by atoms with van der Waals surface area (Å²) in [4.78, 5) is 4.78. The van der Waals surface area contributed by atoms with Crippen molar-refractivity contribution >= 4 is 9.84 Å². The van der Waals surface area contributed by atoms with Crippen molar-refractivity contribution in [3.63, 3.8) is 0 Å². The molecule has 14 heavy (non-hydrogen) atoms. The van der Waals surface area contributed by atoms with Crippen LogP contribution in [0.15, 0.2) is 5.11 Å². The summed E-state index contributed by atoms with van der Waals surface area (Å²) < 4.78 is 22.8. The minimum absolute atomic E-state index is 0.166. The normalized spacial score (nSPS) is 34.3. The molecule has 0 spiro atoms. The molecule has 2 heterocycles. The SMILES string of the molecule is [N-]=[N+]=NCCN1CC2CC1CS2(=O)=O. The third-order valence-electron chi connectivity index (χ3n) is 2.97. The smallest absolute Gasteiger partial charge is 0.156 e. The van der Waals surface area contributed by atoms with Crippen LogP contribution < -0.4 is 0 Å². The highest BCUT2D eigenvalue weighted by molar-refractivity contribution is 7.92. The van der Waals surface area contributed by atoms with Gasteiger partial charge in [0.05, 0.1) is 11.0 Å². The van der Waals surface area contributed by atoms with Gasteiger partial charge in [0.15, 0.2) is 9.84 Å². The Kier molecular flexibility index (Phi) is 2.38. The van der Waals surface area contributed by atoms with Gasteiger partial charge >= 0.3 is 0 Å². The van der Waals surface area contributed by atoms with E-state index in [9.17, 15) is 8.42 Å². The van der Waals surface area contributed by atoms with E-state index in [-0.39, 0.29) is 17.0 Å². The Morgan fingerprint density at radius 3 is 2.86 bits per heavy atom. The molecule has 0 amide bonds. The lowest BCUT2D eigenvalue weighted by Gasteiger charge is -2.25. The summed E-state index contributed by atoms with van der Waals surface area (Å²) in [7, 11) is -2.80. The minimum atomic E-state index is -2.80. The van der Waals surface area contributed by atoms with Crippen LogP contribution in [-0.4, -0.2) is 50.0 Å². The second-order valence-electron chi connectivity index (χ2n) is 3.79. The van der Waals surface area contributed by atoms with Crippen LogP contribution in [0.2, 0.25) is 0 Å². The summed E-state index contributed by atoms with van der Waals surface area (Å²) in [6, 6.07) is 0.166. The molecule has 0 N–H and O–H groups in total. The molecular formula is C7H12N4O2S. The van der Waals surface area contributed by atoms with E-state index < -0.39 is 9.84 Å². The molecule has 2 bridgehead atoms. The Labute approximate surface area is 82.4 Å². The molecule has 0 aromatic rings. The molecule has 2 saturated heterocycles. The highest BCUT2D eigenvalue weighted by Gasteiger charge is 2.47. The van der Waals surface area contributed by atoms with Crippen LogP contribution in [0.3, 0.4) is 0 Å². The maximum atomic E-state index is 11.4. The number of sulfone groups is 1. The summed E-state index contributed by atoms with van der Waals surface area (Å²) in [5.74, 6) is 0.286. The Morgan fingerprint density at radius 2 is 2.36 bits per heavy atom. The van der Waals surface area contributed by atoms with E-state index in [1.54, 1.807) is 0 Å².